The first kappa shape index (κ1) is 19.6. The summed E-state index contributed by atoms with van der Waals surface area (Å²) in [6.45, 7) is 0. The molecule has 2 N–H and O–H groups in total. The molecule has 3 rings (SSSR count). The molecule has 0 amide bonds. The smallest absolute Gasteiger partial charge is 0.120 e. The van der Waals surface area contributed by atoms with Crippen molar-refractivity contribution < 1.29 is 19.7 Å². The van der Waals surface area contributed by atoms with Crippen LogP contribution in [0.5, 0.6) is 0 Å². The van der Waals surface area contributed by atoms with E-state index >= 15 is 0 Å². The third-order valence-electron chi connectivity index (χ3n) is 6.78. The third-order valence-corrected chi connectivity index (χ3v) is 6.78. The maximum atomic E-state index is 10.6. The molecule has 0 aromatic rings. The van der Waals surface area contributed by atoms with E-state index in [-0.39, 0.29) is 23.4 Å². The second-order valence-electron chi connectivity index (χ2n) is 8.14. The zero-order valence-corrected chi connectivity index (χ0v) is 15.8. The number of carbonyl (C=O) groups is 1. The number of allylic oxidation sites excluding steroid dienone is 1. The van der Waals surface area contributed by atoms with Crippen LogP contribution in [0.15, 0.2) is 11.6 Å². The maximum Gasteiger partial charge on any atom is 0.120 e. The Bertz CT molecular complexity index is 581. The molecular weight excluding hydrogens is 328 g/mol. The molecule has 0 aliphatic heterocycles. The van der Waals surface area contributed by atoms with Crippen LogP contribution in [0.2, 0.25) is 0 Å². The normalized spacial score (nSPS) is 37.2. The van der Waals surface area contributed by atoms with Crippen LogP contribution in [-0.4, -0.2) is 41.4 Å². The van der Waals surface area contributed by atoms with Gasteiger partial charge in [-0.05, 0) is 50.0 Å². The molecule has 0 heterocycles. The predicted molar refractivity (Wildman–Crippen MR) is 100 cm³/mol. The Hall–Kier alpha value is -1.15. The van der Waals surface area contributed by atoms with E-state index in [1.807, 2.05) is 0 Å². The SMILES string of the molecule is CO[C@@]12CC[C@H](O)[C@@H](C#CC(O)C3CCCCC3)[C@@H]1CC2=CCCC=O. The lowest BCUT2D eigenvalue weighted by Crippen LogP contribution is -2.59. The molecular formula is C22H32O4. The van der Waals surface area contributed by atoms with Crippen LogP contribution in [0, 0.1) is 29.6 Å². The fourth-order valence-corrected chi connectivity index (χ4v) is 5.17. The number of aldehydes is 1. The van der Waals surface area contributed by atoms with E-state index in [1.54, 1.807) is 7.11 Å². The number of rotatable bonds is 5. The van der Waals surface area contributed by atoms with Crippen molar-refractivity contribution in [1.82, 2.24) is 0 Å². The molecule has 4 heteroatoms. The number of fused-ring (bicyclic) bond motifs is 1. The van der Waals surface area contributed by atoms with Gasteiger partial charge in [0, 0.05) is 19.4 Å². The number of hydrogen-bond acceptors (Lipinski definition) is 4. The molecule has 3 aliphatic carbocycles. The lowest BCUT2D eigenvalue weighted by Gasteiger charge is -2.57. The Balaban J connectivity index is 1.71. The molecule has 144 valence electrons. The number of methoxy groups -OCH3 is 1. The highest BCUT2D eigenvalue weighted by molar-refractivity contribution is 5.49. The van der Waals surface area contributed by atoms with Crippen molar-refractivity contribution in [3.8, 4) is 11.8 Å². The third kappa shape index (κ3) is 3.76. The molecule has 0 aromatic heterocycles. The summed E-state index contributed by atoms with van der Waals surface area (Å²) in [6.07, 6.45) is 11.4. The molecule has 0 bridgehead atoms. The van der Waals surface area contributed by atoms with Crippen LogP contribution >= 0.6 is 0 Å². The standard InChI is InChI=1S/C22H32O4/c1-26-22-13-12-21(25)18(19(22)15-17(22)9-5-6-14-23)10-11-20(24)16-7-3-2-4-8-16/h9,14,16,18-21,24-25H,2-8,12-13,15H2,1H3/t18-,19-,20?,21-,22+/m0/s1. The Kier molecular flexibility index (Phi) is 6.55. The van der Waals surface area contributed by atoms with E-state index in [2.05, 4.69) is 17.9 Å². The lowest BCUT2D eigenvalue weighted by molar-refractivity contribution is -0.138. The number of ether oxygens (including phenoxy) is 1. The van der Waals surface area contributed by atoms with Crippen molar-refractivity contribution in [3.63, 3.8) is 0 Å². The summed E-state index contributed by atoms with van der Waals surface area (Å²) in [5.74, 6) is 6.61. The van der Waals surface area contributed by atoms with Gasteiger partial charge in [-0.3, -0.25) is 0 Å². The summed E-state index contributed by atoms with van der Waals surface area (Å²) in [5, 5.41) is 21.0. The number of hydrogen-bond donors (Lipinski definition) is 2. The molecule has 26 heavy (non-hydrogen) atoms. The molecule has 0 radical (unpaired) electrons. The Morgan fingerprint density at radius 2 is 2.04 bits per heavy atom. The van der Waals surface area contributed by atoms with E-state index in [0.29, 0.717) is 12.8 Å². The lowest BCUT2D eigenvalue weighted by atomic mass is 9.53. The van der Waals surface area contributed by atoms with Crippen LogP contribution in [0.25, 0.3) is 0 Å². The van der Waals surface area contributed by atoms with Crippen molar-refractivity contribution in [2.45, 2.75) is 82.0 Å². The van der Waals surface area contributed by atoms with Gasteiger partial charge < -0.3 is 19.7 Å². The zero-order chi connectivity index (χ0) is 18.6. The number of carbonyl (C=O) groups excluding carboxylic acids is 1. The summed E-state index contributed by atoms with van der Waals surface area (Å²) in [5.41, 5.74) is 0.912. The van der Waals surface area contributed by atoms with E-state index < -0.39 is 12.2 Å². The number of unbranched alkanes of at least 4 members (excludes halogenated alkanes) is 1. The average molecular weight is 360 g/mol. The number of aliphatic hydroxyl groups is 2. The van der Waals surface area contributed by atoms with Gasteiger partial charge in [0.15, 0.2) is 0 Å². The van der Waals surface area contributed by atoms with Gasteiger partial charge in [-0.15, -0.1) is 0 Å². The molecule has 0 aromatic carbocycles. The maximum absolute atomic E-state index is 10.6. The molecule has 3 fully saturated rings. The van der Waals surface area contributed by atoms with Crippen molar-refractivity contribution in [3.05, 3.63) is 11.6 Å². The largest absolute Gasteiger partial charge is 0.392 e. The molecule has 3 saturated carbocycles. The monoisotopic (exact) mass is 360 g/mol. The minimum atomic E-state index is -0.580. The first-order chi connectivity index (χ1) is 12.6. The van der Waals surface area contributed by atoms with Crippen LogP contribution < -0.4 is 0 Å². The van der Waals surface area contributed by atoms with Gasteiger partial charge in [-0.1, -0.05) is 37.2 Å². The minimum Gasteiger partial charge on any atom is -0.392 e. The summed E-state index contributed by atoms with van der Waals surface area (Å²) in [6, 6.07) is 0. The summed E-state index contributed by atoms with van der Waals surface area (Å²) >= 11 is 0. The fourth-order valence-electron chi connectivity index (χ4n) is 5.17. The first-order valence-corrected chi connectivity index (χ1v) is 10.2. The summed E-state index contributed by atoms with van der Waals surface area (Å²) in [4.78, 5) is 10.6. The van der Waals surface area contributed by atoms with Gasteiger partial charge in [0.2, 0.25) is 0 Å². The van der Waals surface area contributed by atoms with E-state index in [4.69, 9.17) is 4.74 Å². The van der Waals surface area contributed by atoms with Gasteiger partial charge >= 0.3 is 0 Å². The van der Waals surface area contributed by atoms with E-state index in [0.717, 1.165) is 38.4 Å². The molecule has 1 unspecified atom stereocenters. The van der Waals surface area contributed by atoms with Gasteiger partial charge in [0.05, 0.1) is 17.6 Å². The molecule has 3 aliphatic rings. The van der Waals surface area contributed by atoms with Crippen LogP contribution in [0.3, 0.4) is 0 Å². The van der Waals surface area contributed by atoms with Gasteiger partial charge in [0.1, 0.15) is 12.4 Å². The molecule has 5 atom stereocenters. The Labute approximate surface area is 157 Å². The van der Waals surface area contributed by atoms with Crippen molar-refractivity contribution in [2.24, 2.45) is 17.8 Å². The predicted octanol–water partition coefficient (Wildman–Crippen LogP) is 3.01. The van der Waals surface area contributed by atoms with Crippen LogP contribution in [-0.2, 0) is 9.53 Å². The van der Waals surface area contributed by atoms with Crippen LogP contribution in [0.1, 0.15) is 64.2 Å². The first-order valence-electron chi connectivity index (χ1n) is 10.2. The second kappa shape index (κ2) is 8.69. The van der Waals surface area contributed by atoms with E-state index in [1.165, 1.54) is 24.8 Å². The second-order valence-corrected chi connectivity index (χ2v) is 8.14. The quantitative estimate of drug-likeness (QED) is 0.342. The highest BCUT2D eigenvalue weighted by Crippen LogP contribution is 2.56. The highest BCUT2D eigenvalue weighted by Gasteiger charge is 2.58. The fraction of sp³-hybridized carbons (Fsp3) is 0.773. The Morgan fingerprint density at radius 1 is 1.27 bits per heavy atom. The summed E-state index contributed by atoms with van der Waals surface area (Å²) < 4.78 is 5.92. The van der Waals surface area contributed by atoms with Crippen molar-refractivity contribution in [2.75, 3.05) is 7.11 Å². The number of aliphatic hydroxyl groups excluding tert-OH is 2. The van der Waals surface area contributed by atoms with Gasteiger partial charge in [-0.25, -0.2) is 0 Å². The Morgan fingerprint density at radius 3 is 2.73 bits per heavy atom. The highest BCUT2D eigenvalue weighted by atomic mass is 16.5. The van der Waals surface area contributed by atoms with Crippen LogP contribution in [0.4, 0.5) is 0 Å². The van der Waals surface area contributed by atoms with Crippen molar-refractivity contribution >= 4 is 6.29 Å². The van der Waals surface area contributed by atoms with Gasteiger partial charge in [-0.2, -0.15) is 0 Å². The van der Waals surface area contributed by atoms with E-state index in [9.17, 15) is 15.0 Å². The molecule has 4 nitrogen and oxygen atoms in total. The zero-order valence-electron chi connectivity index (χ0n) is 15.8. The molecule has 0 spiro atoms. The minimum absolute atomic E-state index is 0.148. The molecule has 0 saturated heterocycles. The van der Waals surface area contributed by atoms with Gasteiger partial charge in [0.25, 0.3) is 0 Å². The topological polar surface area (TPSA) is 66.8 Å². The average Bonchev–Trinajstić information content (AvgIpc) is 2.66. The summed E-state index contributed by atoms with van der Waals surface area (Å²) in [7, 11) is 1.73. The van der Waals surface area contributed by atoms with Crippen molar-refractivity contribution in [1.29, 1.82) is 0 Å².